The normalized spacial score (nSPS) is 12.9. The van der Waals surface area contributed by atoms with Crippen LogP contribution in [0.1, 0.15) is 49.0 Å². The molecule has 0 radical (unpaired) electrons. The van der Waals surface area contributed by atoms with Crippen LogP contribution in [0.15, 0.2) is 54.6 Å². The third-order valence-corrected chi connectivity index (χ3v) is 4.79. The van der Waals surface area contributed by atoms with Gasteiger partial charge in [-0.25, -0.2) is 0 Å². The number of carbonyl (C=O) groups is 1. The topological polar surface area (TPSA) is 70.6 Å². The van der Waals surface area contributed by atoms with Crippen LogP contribution in [0, 0.1) is 0 Å². The molecular formula is C24H34N2O3. The van der Waals surface area contributed by atoms with Crippen LogP contribution in [-0.2, 0) is 6.42 Å². The lowest BCUT2D eigenvalue weighted by Gasteiger charge is -2.17. The van der Waals surface area contributed by atoms with Crippen LogP contribution in [0.25, 0.3) is 0 Å². The number of unbranched alkanes of at least 4 members (excludes halogenated alkanes) is 1. The quantitative estimate of drug-likeness (QED) is 0.451. The Morgan fingerprint density at radius 2 is 1.83 bits per heavy atom. The monoisotopic (exact) mass is 398 g/mol. The Hall–Kier alpha value is -2.37. The highest BCUT2D eigenvalue weighted by molar-refractivity contribution is 5.94. The molecule has 5 nitrogen and oxygen atoms in total. The lowest BCUT2D eigenvalue weighted by atomic mass is 10.0. The van der Waals surface area contributed by atoms with Crippen LogP contribution >= 0.6 is 0 Å². The second-order valence-electron chi connectivity index (χ2n) is 7.43. The SMILES string of the molecule is CCCCNC(=O)c1ccc(CCC(C)NC[C@@H](O)COc2ccccc2)cc1. The molecule has 2 atom stereocenters. The molecule has 2 aromatic rings. The van der Waals surface area contributed by atoms with E-state index in [-0.39, 0.29) is 18.6 Å². The third kappa shape index (κ3) is 9.11. The molecule has 0 bridgehead atoms. The van der Waals surface area contributed by atoms with Crippen molar-refractivity contribution in [3.63, 3.8) is 0 Å². The van der Waals surface area contributed by atoms with Crippen molar-refractivity contribution >= 4 is 5.91 Å². The number of rotatable bonds is 13. The maximum atomic E-state index is 12.0. The standard InChI is InChI=1S/C24H34N2O3/c1-3-4-16-25-24(28)21-14-12-20(13-15-21)11-10-19(2)26-17-22(27)18-29-23-8-6-5-7-9-23/h5-9,12-15,19,22,26-27H,3-4,10-11,16-18H2,1-2H3,(H,25,28)/t19?,22-/m1/s1. The molecule has 0 aliphatic rings. The number of carbonyl (C=O) groups excluding carboxylic acids is 1. The predicted molar refractivity (Wildman–Crippen MR) is 117 cm³/mol. The Balaban J connectivity index is 1.64. The molecule has 158 valence electrons. The zero-order chi connectivity index (χ0) is 20.9. The molecule has 0 spiro atoms. The van der Waals surface area contributed by atoms with E-state index in [4.69, 9.17) is 4.74 Å². The number of hydrogen-bond donors (Lipinski definition) is 3. The van der Waals surface area contributed by atoms with Crippen molar-refractivity contribution in [1.29, 1.82) is 0 Å². The van der Waals surface area contributed by atoms with E-state index < -0.39 is 6.10 Å². The van der Waals surface area contributed by atoms with Crippen molar-refractivity contribution in [2.45, 2.75) is 51.7 Å². The van der Waals surface area contributed by atoms with Crippen molar-refractivity contribution in [1.82, 2.24) is 10.6 Å². The van der Waals surface area contributed by atoms with Crippen molar-refractivity contribution in [2.24, 2.45) is 0 Å². The molecule has 1 unspecified atom stereocenters. The fourth-order valence-corrected chi connectivity index (χ4v) is 2.89. The summed E-state index contributed by atoms with van der Waals surface area (Å²) in [5.41, 5.74) is 1.91. The van der Waals surface area contributed by atoms with Gasteiger partial charge in [-0.3, -0.25) is 4.79 Å². The summed E-state index contributed by atoms with van der Waals surface area (Å²) in [6, 6.07) is 17.6. The molecule has 0 saturated carbocycles. The summed E-state index contributed by atoms with van der Waals surface area (Å²) < 4.78 is 5.57. The number of hydrogen-bond acceptors (Lipinski definition) is 4. The highest BCUT2D eigenvalue weighted by atomic mass is 16.5. The van der Waals surface area contributed by atoms with Crippen LogP contribution < -0.4 is 15.4 Å². The van der Waals surface area contributed by atoms with Gasteiger partial charge in [0.1, 0.15) is 18.5 Å². The van der Waals surface area contributed by atoms with E-state index in [1.54, 1.807) is 0 Å². The van der Waals surface area contributed by atoms with E-state index in [1.807, 2.05) is 54.6 Å². The molecule has 0 fully saturated rings. The minimum atomic E-state index is -0.553. The zero-order valence-electron chi connectivity index (χ0n) is 17.6. The number of aliphatic hydroxyl groups excluding tert-OH is 1. The third-order valence-electron chi connectivity index (χ3n) is 4.79. The lowest BCUT2D eigenvalue weighted by Crippen LogP contribution is -2.36. The van der Waals surface area contributed by atoms with Crippen molar-refractivity contribution in [3.8, 4) is 5.75 Å². The molecule has 2 aromatic carbocycles. The summed E-state index contributed by atoms with van der Waals surface area (Å²) in [4.78, 5) is 12.0. The van der Waals surface area contributed by atoms with Gasteiger partial charge in [0.25, 0.3) is 5.91 Å². The van der Waals surface area contributed by atoms with Crippen molar-refractivity contribution in [2.75, 3.05) is 19.7 Å². The number of ether oxygens (including phenoxy) is 1. The number of para-hydroxylation sites is 1. The van der Waals surface area contributed by atoms with Gasteiger partial charge in [0.2, 0.25) is 0 Å². The first-order valence-electron chi connectivity index (χ1n) is 10.5. The Kier molecular flexibility index (Phi) is 10.2. The minimum Gasteiger partial charge on any atom is -0.491 e. The number of benzene rings is 2. The molecule has 0 aliphatic carbocycles. The number of amides is 1. The van der Waals surface area contributed by atoms with E-state index in [9.17, 15) is 9.90 Å². The smallest absolute Gasteiger partial charge is 0.251 e. The number of nitrogens with one attached hydrogen (secondary N) is 2. The van der Waals surface area contributed by atoms with Gasteiger partial charge in [-0.15, -0.1) is 0 Å². The maximum Gasteiger partial charge on any atom is 0.251 e. The van der Waals surface area contributed by atoms with E-state index >= 15 is 0 Å². The van der Waals surface area contributed by atoms with Crippen LogP contribution in [0.2, 0.25) is 0 Å². The average molecular weight is 399 g/mol. The molecule has 29 heavy (non-hydrogen) atoms. The molecule has 0 aromatic heterocycles. The van der Waals surface area contributed by atoms with Crippen molar-refractivity contribution < 1.29 is 14.6 Å². The number of aryl methyl sites for hydroxylation is 1. The Morgan fingerprint density at radius 3 is 2.52 bits per heavy atom. The van der Waals surface area contributed by atoms with Gasteiger partial charge >= 0.3 is 0 Å². The average Bonchev–Trinajstić information content (AvgIpc) is 2.76. The zero-order valence-corrected chi connectivity index (χ0v) is 17.6. The lowest BCUT2D eigenvalue weighted by molar-refractivity contribution is 0.0953. The fourth-order valence-electron chi connectivity index (χ4n) is 2.89. The Bertz CT molecular complexity index is 704. The van der Waals surface area contributed by atoms with E-state index in [1.165, 1.54) is 5.56 Å². The molecule has 0 aliphatic heterocycles. The molecule has 2 rings (SSSR count). The Morgan fingerprint density at radius 1 is 1.10 bits per heavy atom. The Labute approximate surface area is 174 Å². The van der Waals surface area contributed by atoms with Gasteiger partial charge in [0.05, 0.1) is 0 Å². The molecular weight excluding hydrogens is 364 g/mol. The summed E-state index contributed by atoms with van der Waals surface area (Å²) in [5, 5.41) is 16.4. The first-order chi connectivity index (χ1) is 14.1. The summed E-state index contributed by atoms with van der Waals surface area (Å²) >= 11 is 0. The summed E-state index contributed by atoms with van der Waals surface area (Å²) in [6.45, 7) is 5.70. The fraction of sp³-hybridized carbons (Fsp3) is 0.458. The van der Waals surface area contributed by atoms with Gasteiger partial charge < -0.3 is 20.5 Å². The summed E-state index contributed by atoms with van der Waals surface area (Å²) in [5.74, 6) is 0.758. The van der Waals surface area contributed by atoms with Crippen LogP contribution in [0.4, 0.5) is 0 Å². The first kappa shape index (κ1) is 22.9. The number of aliphatic hydroxyl groups is 1. The van der Waals surface area contributed by atoms with Gasteiger partial charge in [0, 0.05) is 24.7 Å². The molecule has 0 saturated heterocycles. The van der Waals surface area contributed by atoms with Gasteiger partial charge in [-0.2, -0.15) is 0 Å². The van der Waals surface area contributed by atoms with Crippen molar-refractivity contribution in [3.05, 3.63) is 65.7 Å². The minimum absolute atomic E-state index is 0.00764. The molecule has 3 N–H and O–H groups in total. The van der Waals surface area contributed by atoms with E-state index in [2.05, 4.69) is 24.5 Å². The first-order valence-corrected chi connectivity index (χ1v) is 10.5. The largest absolute Gasteiger partial charge is 0.491 e. The van der Waals surface area contributed by atoms with Gasteiger partial charge in [-0.05, 0) is 56.0 Å². The highest BCUT2D eigenvalue weighted by Gasteiger charge is 2.09. The van der Waals surface area contributed by atoms with Gasteiger partial charge in [-0.1, -0.05) is 43.7 Å². The molecule has 1 amide bonds. The van der Waals surface area contributed by atoms with Crippen LogP contribution in [0.5, 0.6) is 5.75 Å². The maximum absolute atomic E-state index is 12.0. The second kappa shape index (κ2) is 13.0. The summed E-state index contributed by atoms with van der Waals surface area (Å²) in [6.07, 6.45) is 3.39. The van der Waals surface area contributed by atoms with Crippen LogP contribution in [-0.4, -0.2) is 42.9 Å². The summed E-state index contributed by atoms with van der Waals surface area (Å²) in [7, 11) is 0. The van der Waals surface area contributed by atoms with Crippen LogP contribution in [0.3, 0.4) is 0 Å². The predicted octanol–water partition coefficient (Wildman–Crippen LogP) is 3.57. The van der Waals surface area contributed by atoms with Gasteiger partial charge in [0.15, 0.2) is 0 Å². The van der Waals surface area contributed by atoms with E-state index in [0.29, 0.717) is 12.1 Å². The molecule has 5 heteroatoms. The van der Waals surface area contributed by atoms with E-state index in [0.717, 1.165) is 38.0 Å². The second-order valence-corrected chi connectivity index (χ2v) is 7.43. The highest BCUT2D eigenvalue weighted by Crippen LogP contribution is 2.10. The molecule has 0 heterocycles.